The van der Waals surface area contributed by atoms with E-state index in [1.807, 2.05) is 6.92 Å². The van der Waals surface area contributed by atoms with Crippen molar-refractivity contribution in [2.24, 2.45) is 0 Å². The number of aryl methyl sites for hydroxylation is 1. The number of benzene rings is 2. The van der Waals surface area contributed by atoms with Gasteiger partial charge in [-0.3, -0.25) is 14.5 Å². The smallest absolute Gasteiger partial charge is 0.231 e. The molecular formula is C20H22N2O5S. The van der Waals surface area contributed by atoms with E-state index < -0.39 is 9.84 Å². The molecule has 0 atom stereocenters. The topological polar surface area (TPSA) is 84.0 Å². The molecule has 0 spiro atoms. The largest absolute Gasteiger partial charge is 0.497 e. The molecule has 0 aliphatic carbocycles. The Morgan fingerprint density at radius 1 is 0.964 bits per heavy atom. The number of likely N-dealkylation sites (tertiary alicyclic amines) is 1. The van der Waals surface area contributed by atoms with Crippen LogP contribution in [0.1, 0.15) is 18.4 Å². The number of methoxy groups -OCH3 is 1. The lowest BCUT2D eigenvalue weighted by Gasteiger charge is -2.28. The first kappa shape index (κ1) is 19.9. The van der Waals surface area contributed by atoms with Gasteiger partial charge in [0.2, 0.25) is 11.8 Å². The highest BCUT2D eigenvalue weighted by Gasteiger charge is 2.32. The van der Waals surface area contributed by atoms with E-state index in [1.165, 1.54) is 12.0 Å². The number of nitrogens with zero attached hydrogens (tertiary/aromatic N) is 2. The second-order valence-corrected chi connectivity index (χ2v) is 8.61. The number of sulfone groups is 1. The number of hydrogen-bond donors (Lipinski definition) is 0. The first-order valence-corrected chi connectivity index (χ1v) is 10.5. The summed E-state index contributed by atoms with van der Waals surface area (Å²) in [6.45, 7) is 1.76. The minimum atomic E-state index is -3.67. The molecule has 0 radical (unpaired) electrons. The lowest BCUT2D eigenvalue weighted by molar-refractivity contribution is -0.138. The predicted octanol–water partition coefficient (Wildman–Crippen LogP) is 2.35. The third-order valence-corrected chi connectivity index (χ3v) is 6.25. The van der Waals surface area contributed by atoms with Crippen LogP contribution in [0.15, 0.2) is 53.4 Å². The Morgan fingerprint density at radius 2 is 1.54 bits per heavy atom. The van der Waals surface area contributed by atoms with Gasteiger partial charge in [-0.15, -0.1) is 0 Å². The highest BCUT2D eigenvalue weighted by atomic mass is 32.2. The number of carbonyl (C=O) groups excluding carboxylic acids is 2. The number of hydrogen-bond acceptors (Lipinski definition) is 6. The summed E-state index contributed by atoms with van der Waals surface area (Å²) in [6, 6.07) is 13.4. The molecule has 1 saturated heterocycles. The lowest BCUT2D eigenvalue weighted by Crippen LogP contribution is -2.43. The Hall–Kier alpha value is -2.87. The van der Waals surface area contributed by atoms with Gasteiger partial charge >= 0.3 is 0 Å². The Labute approximate surface area is 164 Å². The van der Waals surface area contributed by atoms with Crippen LogP contribution in [-0.2, 0) is 19.4 Å². The lowest BCUT2D eigenvalue weighted by atomic mass is 10.2. The van der Waals surface area contributed by atoms with Crippen molar-refractivity contribution in [1.82, 2.24) is 4.90 Å². The van der Waals surface area contributed by atoms with E-state index in [-0.39, 0.29) is 42.1 Å². The van der Waals surface area contributed by atoms with Gasteiger partial charge in [-0.1, -0.05) is 17.7 Å². The monoisotopic (exact) mass is 402 g/mol. The average Bonchev–Trinajstić information content (AvgIpc) is 2.99. The molecule has 0 saturated carbocycles. The zero-order valence-corrected chi connectivity index (χ0v) is 16.6. The summed E-state index contributed by atoms with van der Waals surface area (Å²) in [5.41, 5.74) is 1.53. The fourth-order valence-electron chi connectivity index (χ4n) is 2.97. The average molecular weight is 402 g/mol. The maximum Gasteiger partial charge on any atom is 0.231 e. The van der Waals surface area contributed by atoms with Crippen molar-refractivity contribution in [3.05, 3.63) is 54.1 Å². The Kier molecular flexibility index (Phi) is 5.69. The molecule has 7 nitrogen and oxygen atoms in total. The van der Waals surface area contributed by atoms with E-state index >= 15 is 0 Å². The molecule has 1 aliphatic rings. The van der Waals surface area contributed by atoms with Crippen LogP contribution in [0.3, 0.4) is 0 Å². The molecule has 28 heavy (non-hydrogen) atoms. The number of carbonyl (C=O) groups is 2. The number of rotatable bonds is 7. The minimum Gasteiger partial charge on any atom is -0.497 e. The summed E-state index contributed by atoms with van der Waals surface area (Å²) in [6.07, 6.45) is 0.306. The normalized spacial score (nSPS) is 14.4. The van der Waals surface area contributed by atoms with Gasteiger partial charge in [0.05, 0.1) is 12.0 Å². The Bertz CT molecular complexity index is 953. The van der Waals surface area contributed by atoms with Gasteiger partial charge in [0, 0.05) is 18.5 Å². The van der Waals surface area contributed by atoms with E-state index in [2.05, 4.69) is 0 Å². The predicted molar refractivity (Wildman–Crippen MR) is 105 cm³/mol. The molecule has 0 unspecified atom stereocenters. The highest BCUT2D eigenvalue weighted by Crippen LogP contribution is 2.24. The third kappa shape index (κ3) is 4.33. The van der Waals surface area contributed by atoms with Crippen LogP contribution >= 0.6 is 0 Å². The fourth-order valence-corrected chi connectivity index (χ4v) is 4.31. The van der Waals surface area contributed by atoms with E-state index in [9.17, 15) is 18.0 Å². The molecule has 2 aromatic carbocycles. The van der Waals surface area contributed by atoms with Crippen LogP contribution < -0.4 is 9.64 Å². The second kappa shape index (κ2) is 8.02. The zero-order valence-electron chi connectivity index (χ0n) is 15.8. The molecule has 2 amide bonds. The standard InChI is InChI=1S/C20H22N2O5S/c1-15-3-9-18(10-4-15)28(25,26)14-21(13-22-19(23)11-12-20(22)24)16-5-7-17(27-2)8-6-16/h3-10H,11-14H2,1-2H3. The number of imide groups is 1. The summed E-state index contributed by atoms with van der Waals surface area (Å²) in [5, 5.41) is 0. The Balaban J connectivity index is 1.91. The zero-order chi connectivity index (χ0) is 20.3. The van der Waals surface area contributed by atoms with Gasteiger partial charge in [0.1, 0.15) is 18.3 Å². The molecule has 3 rings (SSSR count). The van der Waals surface area contributed by atoms with E-state index in [4.69, 9.17) is 4.74 Å². The van der Waals surface area contributed by atoms with Crippen molar-refractivity contribution in [3.63, 3.8) is 0 Å². The molecule has 0 N–H and O–H groups in total. The molecule has 148 valence electrons. The molecule has 0 bridgehead atoms. The van der Waals surface area contributed by atoms with Crippen LogP contribution in [0.4, 0.5) is 5.69 Å². The van der Waals surface area contributed by atoms with Crippen LogP contribution in [0.25, 0.3) is 0 Å². The van der Waals surface area contributed by atoms with E-state index in [0.29, 0.717) is 11.4 Å². The maximum absolute atomic E-state index is 12.9. The number of amides is 2. The summed E-state index contributed by atoms with van der Waals surface area (Å²) in [4.78, 5) is 26.9. The molecule has 1 heterocycles. The fraction of sp³-hybridized carbons (Fsp3) is 0.300. The molecule has 1 aliphatic heterocycles. The first-order chi connectivity index (χ1) is 13.3. The van der Waals surface area contributed by atoms with Crippen molar-refractivity contribution in [3.8, 4) is 5.75 Å². The van der Waals surface area contributed by atoms with E-state index in [1.54, 1.807) is 48.5 Å². The number of anilines is 1. The molecule has 8 heteroatoms. The van der Waals surface area contributed by atoms with Crippen LogP contribution in [0.5, 0.6) is 5.75 Å². The third-order valence-electron chi connectivity index (χ3n) is 4.61. The van der Waals surface area contributed by atoms with Crippen LogP contribution in [-0.4, -0.2) is 44.8 Å². The molecule has 0 aromatic heterocycles. The van der Waals surface area contributed by atoms with Crippen molar-refractivity contribution in [2.75, 3.05) is 24.6 Å². The second-order valence-electron chi connectivity index (χ2n) is 6.65. The summed E-state index contributed by atoms with van der Waals surface area (Å²) >= 11 is 0. The van der Waals surface area contributed by atoms with E-state index in [0.717, 1.165) is 10.5 Å². The van der Waals surface area contributed by atoms with Crippen molar-refractivity contribution < 1.29 is 22.7 Å². The van der Waals surface area contributed by atoms with Gasteiger partial charge in [-0.05, 0) is 43.3 Å². The van der Waals surface area contributed by atoms with Gasteiger partial charge in [-0.25, -0.2) is 8.42 Å². The van der Waals surface area contributed by atoms with Gasteiger partial charge in [0.25, 0.3) is 0 Å². The summed E-state index contributed by atoms with van der Waals surface area (Å²) in [7, 11) is -2.13. The summed E-state index contributed by atoms with van der Waals surface area (Å²) < 4.78 is 31.0. The Morgan fingerprint density at radius 3 is 2.07 bits per heavy atom. The van der Waals surface area contributed by atoms with Gasteiger partial charge in [0.15, 0.2) is 9.84 Å². The maximum atomic E-state index is 12.9. The van der Waals surface area contributed by atoms with Crippen molar-refractivity contribution in [2.45, 2.75) is 24.7 Å². The van der Waals surface area contributed by atoms with Crippen molar-refractivity contribution >= 4 is 27.3 Å². The number of ether oxygens (including phenoxy) is 1. The minimum absolute atomic E-state index is 0.116. The molecule has 2 aromatic rings. The first-order valence-electron chi connectivity index (χ1n) is 8.82. The molecular weight excluding hydrogens is 380 g/mol. The van der Waals surface area contributed by atoms with Gasteiger partial charge < -0.3 is 9.64 Å². The highest BCUT2D eigenvalue weighted by molar-refractivity contribution is 7.91. The van der Waals surface area contributed by atoms with Crippen LogP contribution in [0.2, 0.25) is 0 Å². The quantitative estimate of drug-likeness (QED) is 0.661. The van der Waals surface area contributed by atoms with Crippen molar-refractivity contribution in [1.29, 1.82) is 0 Å². The summed E-state index contributed by atoms with van der Waals surface area (Å²) in [5.74, 6) is -0.328. The SMILES string of the molecule is COc1ccc(N(CN2C(=O)CCC2=O)CS(=O)(=O)c2ccc(C)cc2)cc1. The van der Waals surface area contributed by atoms with Crippen LogP contribution in [0, 0.1) is 6.92 Å². The molecule has 1 fully saturated rings. The van der Waals surface area contributed by atoms with Gasteiger partial charge in [-0.2, -0.15) is 0 Å².